The molecule has 0 aromatic carbocycles. The van der Waals surface area contributed by atoms with Gasteiger partial charge in [-0.15, -0.1) is 0 Å². The van der Waals surface area contributed by atoms with E-state index in [1.807, 2.05) is 0 Å². The molecule has 1 atom stereocenters. The van der Waals surface area contributed by atoms with Gasteiger partial charge < -0.3 is 5.32 Å². The molecule has 3 aliphatic carbocycles. The van der Waals surface area contributed by atoms with Gasteiger partial charge in [0.15, 0.2) is 0 Å². The molecule has 1 unspecified atom stereocenters. The predicted octanol–water partition coefficient (Wildman–Crippen LogP) is 4.80. The van der Waals surface area contributed by atoms with Crippen LogP contribution in [0.3, 0.4) is 0 Å². The minimum absolute atomic E-state index is 0.489. The maximum absolute atomic E-state index is 4.25. The molecule has 0 radical (unpaired) electrons. The van der Waals surface area contributed by atoms with Gasteiger partial charge in [-0.1, -0.05) is 25.7 Å². The van der Waals surface area contributed by atoms with E-state index in [2.05, 4.69) is 39.2 Å². The molecule has 1 nitrogen and oxygen atoms in total. The molecule has 0 aromatic rings. The minimum Gasteiger partial charge on any atom is -0.386 e. The summed E-state index contributed by atoms with van der Waals surface area (Å²) >= 11 is 0. The van der Waals surface area contributed by atoms with Crippen molar-refractivity contribution in [2.75, 3.05) is 0 Å². The van der Waals surface area contributed by atoms with E-state index in [0.29, 0.717) is 16.9 Å². The van der Waals surface area contributed by atoms with E-state index in [1.165, 1.54) is 49.8 Å². The quantitative estimate of drug-likeness (QED) is 0.688. The van der Waals surface area contributed by atoms with Crippen LogP contribution in [0.5, 0.6) is 0 Å². The summed E-state index contributed by atoms with van der Waals surface area (Å²) < 4.78 is 0. The Morgan fingerprint density at radius 3 is 2.00 bits per heavy atom. The monoisotopic (exact) mass is 247 g/mol. The molecule has 0 saturated heterocycles. The molecule has 3 aliphatic rings. The van der Waals surface area contributed by atoms with E-state index in [1.54, 1.807) is 0 Å². The lowest BCUT2D eigenvalue weighted by Crippen LogP contribution is -2.51. The molecule has 0 heterocycles. The Morgan fingerprint density at radius 2 is 1.61 bits per heavy atom. The van der Waals surface area contributed by atoms with Crippen LogP contribution in [0, 0.1) is 10.8 Å². The summed E-state index contributed by atoms with van der Waals surface area (Å²) in [6.45, 7) is 15.1. The van der Waals surface area contributed by atoms with Gasteiger partial charge in [0.2, 0.25) is 0 Å². The first-order chi connectivity index (χ1) is 8.44. The highest BCUT2D eigenvalue weighted by Gasteiger charge is 2.51. The fraction of sp³-hybridized carbons (Fsp3) is 0.765. The summed E-state index contributed by atoms with van der Waals surface area (Å²) in [4.78, 5) is 0. The van der Waals surface area contributed by atoms with Gasteiger partial charge in [-0.3, -0.25) is 0 Å². The summed E-state index contributed by atoms with van der Waals surface area (Å²) in [5.41, 5.74) is 3.63. The Labute approximate surface area is 113 Å². The van der Waals surface area contributed by atoms with Crippen LogP contribution < -0.4 is 5.32 Å². The Bertz CT molecular complexity index is 328. The molecular weight excluding hydrogens is 218 g/mol. The van der Waals surface area contributed by atoms with Crippen molar-refractivity contribution in [3.05, 3.63) is 24.4 Å². The van der Waals surface area contributed by atoms with Crippen LogP contribution in [0.1, 0.15) is 65.7 Å². The molecule has 0 amide bonds. The number of hydrogen-bond acceptors (Lipinski definition) is 1. The zero-order valence-corrected chi connectivity index (χ0v) is 12.4. The number of allylic oxidation sites excluding steroid dienone is 2. The molecule has 3 saturated carbocycles. The van der Waals surface area contributed by atoms with Crippen molar-refractivity contribution in [1.29, 1.82) is 0 Å². The average molecular weight is 247 g/mol. The zero-order valence-electron chi connectivity index (χ0n) is 12.4. The van der Waals surface area contributed by atoms with E-state index in [-0.39, 0.29) is 0 Å². The SMILES string of the molecule is C=C(CC)NC(C)C12CCC(C(=C)C)(CC1)CC2. The van der Waals surface area contributed by atoms with Crippen molar-refractivity contribution in [2.24, 2.45) is 10.8 Å². The van der Waals surface area contributed by atoms with Crippen molar-refractivity contribution >= 4 is 0 Å². The Kier molecular flexibility index (Phi) is 3.62. The number of fused-ring (bicyclic) bond motifs is 3. The normalized spacial score (nSPS) is 36.2. The van der Waals surface area contributed by atoms with E-state index < -0.39 is 0 Å². The van der Waals surface area contributed by atoms with Crippen LogP contribution in [-0.2, 0) is 0 Å². The van der Waals surface area contributed by atoms with Gasteiger partial charge in [-0.05, 0) is 69.6 Å². The van der Waals surface area contributed by atoms with Gasteiger partial charge in [-0.2, -0.15) is 0 Å². The van der Waals surface area contributed by atoms with Gasteiger partial charge in [-0.25, -0.2) is 0 Å². The third-order valence-electron chi connectivity index (χ3n) is 5.98. The molecule has 1 heteroatoms. The maximum atomic E-state index is 4.25. The number of rotatable bonds is 5. The summed E-state index contributed by atoms with van der Waals surface area (Å²) in [5.74, 6) is 0. The molecule has 3 fully saturated rings. The maximum Gasteiger partial charge on any atom is 0.0286 e. The first-order valence-corrected chi connectivity index (χ1v) is 7.54. The van der Waals surface area contributed by atoms with Crippen molar-refractivity contribution in [2.45, 2.75) is 71.8 Å². The van der Waals surface area contributed by atoms with Gasteiger partial charge in [0.25, 0.3) is 0 Å². The van der Waals surface area contributed by atoms with Crippen molar-refractivity contribution in [3.8, 4) is 0 Å². The molecule has 18 heavy (non-hydrogen) atoms. The zero-order chi connectivity index (χ0) is 13.4. The second-order valence-corrected chi connectivity index (χ2v) is 6.75. The summed E-state index contributed by atoms with van der Waals surface area (Å²) in [5, 5.41) is 3.64. The predicted molar refractivity (Wildman–Crippen MR) is 79.4 cm³/mol. The highest BCUT2D eigenvalue weighted by Crippen LogP contribution is 2.60. The van der Waals surface area contributed by atoms with Crippen molar-refractivity contribution < 1.29 is 0 Å². The van der Waals surface area contributed by atoms with Gasteiger partial charge >= 0.3 is 0 Å². The molecular formula is C17H29N. The van der Waals surface area contributed by atoms with Crippen LogP contribution in [0.2, 0.25) is 0 Å². The van der Waals surface area contributed by atoms with E-state index >= 15 is 0 Å². The third-order valence-corrected chi connectivity index (χ3v) is 5.98. The van der Waals surface area contributed by atoms with Gasteiger partial charge in [0, 0.05) is 11.7 Å². The highest BCUT2D eigenvalue weighted by molar-refractivity contribution is 5.16. The Morgan fingerprint density at radius 1 is 1.11 bits per heavy atom. The third kappa shape index (κ3) is 2.13. The van der Waals surface area contributed by atoms with Crippen LogP contribution in [0.25, 0.3) is 0 Å². The molecule has 0 aromatic heterocycles. The van der Waals surface area contributed by atoms with Crippen LogP contribution in [-0.4, -0.2) is 6.04 Å². The number of nitrogens with one attached hydrogen (secondary N) is 1. The largest absolute Gasteiger partial charge is 0.386 e. The molecule has 0 aliphatic heterocycles. The number of hydrogen-bond donors (Lipinski definition) is 1. The van der Waals surface area contributed by atoms with Crippen LogP contribution in [0.15, 0.2) is 24.4 Å². The van der Waals surface area contributed by atoms with Gasteiger partial charge in [0.1, 0.15) is 0 Å². The molecule has 0 spiro atoms. The molecule has 2 bridgehead atoms. The molecule has 3 rings (SSSR count). The second kappa shape index (κ2) is 4.75. The Balaban J connectivity index is 2.05. The summed E-state index contributed by atoms with van der Waals surface area (Å²) in [6, 6.07) is 0.577. The topological polar surface area (TPSA) is 12.0 Å². The first-order valence-electron chi connectivity index (χ1n) is 7.54. The fourth-order valence-corrected chi connectivity index (χ4v) is 4.07. The second-order valence-electron chi connectivity index (χ2n) is 6.75. The lowest BCUT2D eigenvalue weighted by molar-refractivity contribution is -0.00695. The fourth-order valence-electron chi connectivity index (χ4n) is 4.07. The lowest BCUT2D eigenvalue weighted by Gasteiger charge is -2.56. The lowest BCUT2D eigenvalue weighted by atomic mass is 9.50. The smallest absolute Gasteiger partial charge is 0.0286 e. The molecule has 102 valence electrons. The Hall–Kier alpha value is -0.720. The first kappa shape index (κ1) is 13.7. The standard InChI is InChI=1S/C17H29N/c1-6-14(4)18-15(5)17-10-7-16(8-11-17,9-12-17)13(2)3/h15,18H,2,4,6-12H2,1,3,5H3. The van der Waals surface area contributed by atoms with Crippen LogP contribution in [0.4, 0.5) is 0 Å². The summed E-state index contributed by atoms with van der Waals surface area (Å²) in [7, 11) is 0. The van der Waals surface area contributed by atoms with Crippen molar-refractivity contribution in [1.82, 2.24) is 5.32 Å². The minimum atomic E-state index is 0.489. The highest BCUT2D eigenvalue weighted by atomic mass is 14.9. The average Bonchev–Trinajstić information content (AvgIpc) is 2.40. The summed E-state index contributed by atoms with van der Waals surface area (Å²) in [6.07, 6.45) is 9.20. The van der Waals surface area contributed by atoms with Gasteiger partial charge in [0.05, 0.1) is 0 Å². The van der Waals surface area contributed by atoms with E-state index in [4.69, 9.17) is 0 Å². The van der Waals surface area contributed by atoms with E-state index in [0.717, 1.165) is 6.42 Å². The molecule has 1 N–H and O–H groups in total. The van der Waals surface area contributed by atoms with E-state index in [9.17, 15) is 0 Å². The van der Waals surface area contributed by atoms with Crippen molar-refractivity contribution in [3.63, 3.8) is 0 Å². The van der Waals surface area contributed by atoms with Crippen LogP contribution >= 0.6 is 0 Å².